The first-order valence-electron chi connectivity index (χ1n) is 9.02. The maximum absolute atomic E-state index is 12.2. The summed E-state index contributed by atoms with van der Waals surface area (Å²) in [6.07, 6.45) is 1.20. The summed E-state index contributed by atoms with van der Waals surface area (Å²) in [5.41, 5.74) is 1.47. The normalized spacial score (nSPS) is 16.6. The molecule has 7 heteroatoms. The first kappa shape index (κ1) is 19.0. The number of rotatable bonds is 6. The molecule has 2 aromatic rings. The number of nitrogens with zero attached hydrogens (tertiary/aromatic N) is 2. The minimum Gasteiger partial charge on any atom is -0.388 e. The van der Waals surface area contributed by atoms with Gasteiger partial charge in [0, 0.05) is 17.8 Å². The molecular formula is C20H23N3O4. The molecular weight excluding hydrogens is 346 g/mol. The highest BCUT2D eigenvalue weighted by atomic mass is 16.6. The number of aliphatic hydroxyl groups is 1. The fraction of sp³-hybridized carbons (Fsp3) is 0.350. The summed E-state index contributed by atoms with van der Waals surface area (Å²) in [5.74, 6) is 0.0484. The number of non-ortho nitro benzene ring substituents is 1. The summed E-state index contributed by atoms with van der Waals surface area (Å²) in [7, 11) is 0. The molecule has 1 amide bonds. The van der Waals surface area contributed by atoms with Crippen LogP contribution in [-0.4, -0.2) is 40.5 Å². The van der Waals surface area contributed by atoms with Gasteiger partial charge >= 0.3 is 0 Å². The highest BCUT2D eigenvalue weighted by molar-refractivity contribution is 5.92. The van der Waals surface area contributed by atoms with Gasteiger partial charge in [-0.2, -0.15) is 0 Å². The molecule has 1 heterocycles. The first-order chi connectivity index (χ1) is 13.0. The number of hydrogen-bond acceptors (Lipinski definition) is 5. The van der Waals surface area contributed by atoms with Gasteiger partial charge in [-0.3, -0.25) is 19.8 Å². The molecule has 0 radical (unpaired) electrons. The van der Waals surface area contributed by atoms with Gasteiger partial charge in [-0.05, 0) is 49.5 Å². The van der Waals surface area contributed by atoms with E-state index in [1.807, 2.05) is 30.3 Å². The molecule has 0 bridgehead atoms. The van der Waals surface area contributed by atoms with E-state index in [1.165, 1.54) is 24.3 Å². The van der Waals surface area contributed by atoms with E-state index >= 15 is 0 Å². The number of anilines is 1. The van der Waals surface area contributed by atoms with Crippen molar-refractivity contribution in [3.8, 4) is 0 Å². The Morgan fingerprint density at radius 2 is 1.78 bits per heavy atom. The Morgan fingerprint density at radius 1 is 1.15 bits per heavy atom. The van der Waals surface area contributed by atoms with E-state index in [4.69, 9.17) is 0 Å². The number of hydrogen-bond donors (Lipinski definition) is 2. The predicted molar refractivity (Wildman–Crippen MR) is 102 cm³/mol. The number of aliphatic hydroxyl groups excluding tert-OH is 1. The van der Waals surface area contributed by atoms with E-state index in [9.17, 15) is 20.0 Å². The van der Waals surface area contributed by atoms with Crippen LogP contribution in [0.1, 0.15) is 24.5 Å². The maximum atomic E-state index is 12.2. The zero-order valence-electron chi connectivity index (χ0n) is 15.0. The Hall–Kier alpha value is -2.77. The number of amides is 1. The second kappa shape index (κ2) is 8.75. The quantitative estimate of drug-likeness (QED) is 0.603. The van der Waals surface area contributed by atoms with Gasteiger partial charge in [0.25, 0.3) is 5.69 Å². The third kappa shape index (κ3) is 5.12. The standard InChI is InChI=1S/C20H23N3O4/c24-19(21-17-6-8-18(9-7-17)23(26)27)14-22-12-10-16(11-13-22)20(25)15-4-2-1-3-5-15/h1-9,16,20,25H,10-14H2,(H,21,24)/t20-/m0/s1. The van der Waals surface area contributed by atoms with Gasteiger partial charge in [0.15, 0.2) is 0 Å². The van der Waals surface area contributed by atoms with Crippen molar-refractivity contribution in [1.82, 2.24) is 4.90 Å². The molecule has 2 N–H and O–H groups in total. The van der Waals surface area contributed by atoms with Crippen molar-refractivity contribution in [3.63, 3.8) is 0 Å². The fourth-order valence-corrected chi connectivity index (χ4v) is 3.42. The summed E-state index contributed by atoms with van der Waals surface area (Å²) in [6.45, 7) is 1.77. The minimum absolute atomic E-state index is 0.00737. The maximum Gasteiger partial charge on any atom is 0.269 e. The lowest BCUT2D eigenvalue weighted by molar-refractivity contribution is -0.384. The number of likely N-dealkylation sites (tertiary alicyclic amines) is 1. The lowest BCUT2D eigenvalue weighted by atomic mass is 9.87. The van der Waals surface area contributed by atoms with Crippen LogP contribution in [-0.2, 0) is 4.79 Å². The summed E-state index contributed by atoms with van der Waals surface area (Å²) < 4.78 is 0. The third-order valence-corrected chi connectivity index (χ3v) is 4.95. The topological polar surface area (TPSA) is 95.7 Å². The van der Waals surface area contributed by atoms with E-state index in [0.717, 1.165) is 31.5 Å². The van der Waals surface area contributed by atoms with Crippen LogP contribution in [0.15, 0.2) is 54.6 Å². The molecule has 1 aliphatic heterocycles. The van der Waals surface area contributed by atoms with E-state index in [2.05, 4.69) is 10.2 Å². The second-order valence-electron chi connectivity index (χ2n) is 6.82. The number of nitro groups is 1. The van der Waals surface area contributed by atoms with Crippen molar-refractivity contribution in [2.24, 2.45) is 5.92 Å². The van der Waals surface area contributed by atoms with Crippen LogP contribution in [0.25, 0.3) is 0 Å². The third-order valence-electron chi connectivity index (χ3n) is 4.95. The number of piperidine rings is 1. The molecule has 1 saturated heterocycles. The zero-order valence-corrected chi connectivity index (χ0v) is 15.0. The van der Waals surface area contributed by atoms with Gasteiger partial charge in [-0.15, -0.1) is 0 Å². The van der Waals surface area contributed by atoms with Crippen molar-refractivity contribution < 1.29 is 14.8 Å². The van der Waals surface area contributed by atoms with Crippen LogP contribution in [0.4, 0.5) is 11.4 Å². The Kier molecular flexibility index (Phi) is 6.16. The van der Waals surface area contributed by atoms with Crippen LogP contribution in [0.2, 0.25) is 0 Å². The Labute approximate surface area is 157 Å². The Bertz CT molecular complexity index is 772. The van der Waals surface area contributed by atoms with E-state index in [0.29, 0.717) is 5.69 Å². The SMILES string of the molecule is O=C(CN1CCC([C@@H](O)c2ccccc2)CC1)Nc1ccc([N+](=O)[O-])cc1. The van der Waals surface area contributed by atoms with Gasteiger partial charge in [0.05, 0.1) is 17.6 Å². The van der Waals surface area contributed by atoms with Crippen LogP contribution in [0, 0.1) is 16.0 Å². The summed E-state index contributed by atoms with van der Waals surface area (Å²) >= 11 is 0. The highest BCUT2D eigenvalue weighted by Crippen LogP contribution is 2.30. The molecule has 1 aliphatic rings. The van der Waals surface area contributed by atoms with Crippen LogP contribution >= 0.6 is 0 Å². The van der Waals surface area contributed by atoms with E-state index < -0.39 is 11.0 Å². The zero-order chi connectivity index (χ0) is 19.2. The Balaban J connectivity index is 1.46. The number of nitrogens with one attached hydrogen (secondary N) is 1. The molecule has 27 heavy (non-hydrogen) atoms. The molecule has 142 valence electrons. The van der Waals surface area contributed by atoms with Crippen molar-refractivity contribution >= 4 is 17.3 Å². The van der Waals surface area contributed by atoms with Crippen molar-refractivity contribution in [2.45, 2.75) is 18.9 Å². The Morgan fingerprint density at radius 3 is 2.37 bits per heavy atom. The predicted octanol–water partition coefficient (Wildman–Crippen LogP) is 2.98. The lowest BCUT2D eigenvalue weighted by Gasteiger charge is -2.34. The van der Waals surface area contributed by atoms with Gasteiger partial charge < -0.3 is 10.4 Å². The smallest absolute Gasteiger partial charge is 0.269 e. The second-order valence-corrected chi connectivity index (χ2v) is 6.82. The molecule has 1 atom stereocenters. The number of carbonyl (C=O) groups is 1. The number of benzene rings is 2. The monoisotopic (exact) mass is 369 g/mol. The molecule has 3 rings (SSSR count). The fourth-order valence-electron chi connectivity index (χ4n) is 3.42. The molecule has 0 unspecified atom stereocenters. The van der Waals surface area contributed by atoms with Gasteiger partial charge in [0.1, 0.15) is 0 Å². The van der Waals surface area contributed by atoms with E-state index in [1.54, 1.807) is 0 Å². The average molecular weight is 369 g/mol. The van der Waals surface area contributed by atoms with Crippen molar-refractivity contribution in [2.75, 3.05) is 25.0 Å². The summed E-state index contributed by atoms with van der Waals surface area (Å²) in [6, 6.07) is 15.5. The van der Waals surface area contributed by atoms with Crippen molar-refractivity contribution in [3.05, 3.63) is 70.3 Å². The number of nitro benzene ring substituents is 1. The summed E-state index contributed by atoms with van der Waals surface area (Å²) in [4.78, 5) is 24.4. The largest absolute Gasteiger partial charge is 0.388 e. The highest BCUT2D eigenvalue weighted by Gasteiger charge is 2.26. The molecule has 7 nitrogen and oxygen atoms in total. The lowest BCUT2D eigenvalue weighted by Crippen LogP contribution is -2.40. The minimum atomic E-state index is -0.473. The molecule has 2 aromatic carbocycles. The average Bonchev–Trinajstić information content (AvgIpc) is 2.69. The van der Waals surface area contributed by atoms with Crippen LogP contribution in [0.5, 0.6) is 0 Å². The first-order valence-corrected chi connectivity index (χ1v) is 9.02. The molecule has 0 aliphatic carbocycles. The van der Waals surface area contributed by atoms with Crippen molar-refractivity contribution in [1.29, 1.82) is 0 Å². The molecule has 1 fully saturated rings. The van der Waals surface area contributed by atoms with Gasteiger partial charge in [0.2, 0.25) is 5.91 Å². The molecule has 0 aromatic heterocycles. The van der Waals surface area contributed by atoms with Gasteiger partial charge in [-0.1, -0.05) is 30.3 Å². The van der Waals surface area contributed by atoms with Gasteiger partial charge in [-0.25, -0.2) is 0 Å². The molecule has 0 saturated carbocycles. The number of carbonyl (C=O) groups excluding carboxylic acids is 1. The van der Waals surface area contributed by atoms with Crippen LogP contribution in [0.3, 0.4) is 0 Å². The van der Waals surface area contributed by atoms with E-state index in [-0.39, 0.29) is 24.1 Å². The molecule has 0 spiro atoms. The summed E-state index contributed by atoms with van der Waals surface area (Å²) in [5, 5.41) is 23.9. The van der Waals surface area contributed by atoms with Crippen LogP contribution < -0.4 is 5.32 Å².